The first-order valence-corrected chi connectivity index (χ1v) is 23.8. The zero-order chi connectivity index (χ0) is 38.0. The maximum absolute atomic E-state index is 12.4. The van der Waals surface area contributed by atoms with Crippen LogP contribution in [0.3, 0.4) is 0 Å². The van der Waals surface area contributed by atoms with Gasteiger partial charge in [-0.25, -0.2) is 0 Å². The molecule has 0 bridgehead atoms. The number of unbranched alkanes of at least 4 members (excludes halogenated alkanes) is 36. The average molecular weight is 738 g/mol. The zero-order valence-corrected chi connectivity index (χ0v) is 35.5. The molecule has 0 unspecified atom stereocenters. The van der Waals surface area contributed by atoms with Gasteiger partial charge in [-0.05, 0) is 12.8 Å². The Bertz CT molecular complexity index is 688. The normalized spacial score (nSPS) is 13.4. The van der Waals surface area contributed by atoms with Gasteiger partial charge in [0, 0.05) is 6.42 Å². The molecule has 5 nitrogen and oxygen atoms in total. The Kier molecular flexibility index (Phi) is 42.5. The van der Waals surface area contributed by atoms with Gasteiger partial charge in [-0.15, -0.1) is 0 Å². The van der Waals surface area contributed by atoms with E-state index in [1.165, 1.54) is 212 Å². The van der Waals surface area contributed by atoms with E-state index in [1.54, 1.807) is 0 Å². The molecule has 0 aromatic heterocycles. The molecular formula is C47H95NO4. The number of amides is 1. The zero-order valence-electron chi connectivity index (χ0n) is 35.5. The predicted octanol–water partition coefficient (Wildman–Crippen LogP) is 13.8. The Balaban J connectivity index is 3.53. The summed E-state index contributed by atoms with van der Waals surface area (Å²) >= 11 is 0. The summed E-state index contributed by atoms with van der Waals surface area (Å²) < 4.78 is 0. The summed E-state index contributed by atoms with van der Waals surface area (Å²) in [5.74, 6) is -0.138. The molecule has 5 heteroatoms. The van der Waals surface area contributed by atoms with E-state index in [0.717, 1.165) is 32.1 Å². The Labute approximate surface area is 326 Å². The van der Waals surface area contributed by atoms with Crippen molar-refractivity contribution >= 4 is 5.91 Å². The molecule has 0 rings (SSSR count). The highest BCUT2D eigenvalue weighted by atomic mass is 16.3. The highest BCUT2D eigenvalue weighted by molar-refractivity contribution is 5.76. The van der Waals surface area contributed by atoms with Crippen LogP contribution < -0.4 is 5.32 Å². The molecule has 0 aliphatic rings. The van der Waals surface area contributed by atoms with Gasteiger partial charge >= 0.3 is 0 Å². The third-order valence-corrected chi connectivity index (χ3v) is 11.5. The van der Waals surface area contributed by atoms with Crippen molar-refractivity contribution in [3.8, 4) is 0 Å². The van der Waals surface area contributed by atoms with Crippen LogP contribution in [0.5, 0.6) is 0 Å². The number of aliphatic hydroxyl groups excluding tert-OH is 3. The number of rotatable bonds is 44. The first-order valence-electron chi connectivity index (χ1n) is 23.8. The summed E-state index contributed by atoms with van der Waals surface area (Å²) in [4.78, 5) is 12.4. The molecule has 0 fully saturated rings. The van der Waals surface area contributed by atoms with Gasteiger partial charge < -0.3 is 20.6 Å². The molecule has 1 amide bonds. The summed E-state index contributed by atoms with van der Waals surface area (Å²) in [6, 6.07) is -0.802. The molecule has 0 aliphatic carbocycles. The van der Waals surface area contributed by atoms with E-state index in [2.05, 4.69) is 19.2 Å². The fourth-order valence-electron chi connectivity index (χ4n) is 7.75. The summed E-state index contributed by atoms with van der Waals surface area (Å²) in [7, 11) is 0. The molecule has 312 valence electrons. The van der Waals surface area contributed by atoms with Crippen LogP contribution in [0.15, 0.2) is 0 Å². The van der Waals surface area contributed by atoms with Crippen molar-refractivity contribution in [3.05, 3.63) is 0 Å². The van der Waals surface area contributed by atoms with E-state index in [1.807, 2.05) is 0 Å². The molecule has 0 spiro atoms. The van der Waals surface area contributed by atoms with Crippen LogP contribution >= 0.6 is 0 Å². The molecule has 0 radical (unpaired) electrons. The van der Waals surface area contributed by atoms with Gasteiger partial charge in [0.05, 0.1) is 18.8 Å². The Morgan fingerprint density at radius 3 is 0.923 bits per heavy atom. The maximum atomic E-state index is 12.4. The number of carbonyl (C=O) groups is 1. The predicted molar refractivity (Wildman–Crippen MR) is 227 cm³/mol. The van der Waals surface area contributed by atoms with Crippen LogP contribution in [0, 0.1) is 0 Å². The van der Waals surface area contributed by atoms with Crippen LogP contribution in [0.4, 0.5) is 0 Å². The minimum absolute atomic E-state index is 0.138. The highest BCUT2D eigenvalue weighted by Crippen LogP contribution is 2.17. The number of carbonyl (C=O) groups excluding carboxylic acids is 1. The Morgan fingerprint density at radius 1 is 0.404 bits per heavy atom. The summed E-state index contributed by atoms with van der Waals surface area (Å²) in [5, 5.41) is 33.6. The molecular weight excluding hydrogens is 643 g/mol. The van der Waals surface area contributed by atoms with Crippen LogP contribution in [0.1, 0.15) is 271 Å². The van der Waals surface area contributed by atoms with Crippen molar-refractivity contribution in [1.82, 2.24) is 5.32 Å². The van der Waals surface area contributed by atoms with E-state index < -0.39 is 18.2 Å². The lowest BCUT2D eigenvalue weighted by molar-refractivity contribution is -0.124. The third-order valence-electron chi connectivity index (χ3n) is 11.5. The van der Waals surface area contributed by atoms with E-state index in [0.29, 0.717) is 12.8 Å². The topological polar surface area (TPSA) is 89.8 Å². The summed E-state index contributed by atoms with van der Waals surface area (Å²) in [6.45, 7) is 4.21. The molecule has 0 saturated carbocycles. The van der Waals surface area contributed by atoms with Gasteiger partial charge in [-0.2, -0.15) is 0 Å². The largest absolute Gasteiger partial charge is 0.394 e. The van der Waals surface area contributed by atoms with Crippen molar-refractivity contribution in [2.75, 3.05) is 6.61 Å². The third kappa shape index (κ3) is 37.7. The van der Waals surface area contributed by atoms with Gasteiger partial charge in [-0.3, -0.25) is 4.79 Å². The van der Waals surface area contributed by atoms with E-state index in [9.17, 15) is 20.1 Å². The van der Waals surface area contributed by atoms with E-state index in [-0.39, 0.29) is 12.5 Å². The lowest BCUT2D eigenvalue weighted by atomic mass is 9.99. The SMILES string of the molecule is CCCCCCCCCCCCCCCCCCCCCCCCCC(=O)N[C@@H](CO)[C@H](O)[C@H](O)CCCCCCCCCCCCCCCCC. The van der Waals surface area contributed by atoms with Gasteiger partial charge in [0.1, 0.15) is 6.10 Å². The minimum Gasteiger partial charge on any atom is -0.394 e. The molecule has 3 atom stereocenters. The number of aliphatic hydroxyl groups is 3. The van der Waals surface area contributed by atoms with Gasteiger partial charge in [0.25, 0.3) is 0 Å². The molecule has 0 aliphatic heterocycles. The minimum atomic E-state index is -1.13. The Hall–Kier alpha value is -0.650. The second-order valence-electron chi connectivity index (χ2n) is 16.7. The lowest BCUT2D eigenvalue weighted by Gasteiger charge is -2.26. The molecule has 0 heterocycles. The van der Waals surface area contributed by atoms with E-state index >= 15 is 0 Å². The summed E-state index contributed by atoms with van der Waals surface area (Å²) in [6.07, 6.45) is 49.4. The Morgan fingerprint density at radius 2 is 0.654 bits per heavy atom. The first kappa shape index (κ1) is 51.4. The molecule has 4 N–H and O–H groups in total. The second-order valence-corrected chi connectivity index (χ2v) is 16.7. The van der Waals surface area contributed by atoms with Crippen molar-refractivity contribution in [2.24, 2.45) is 0 Å². The summed E-state index contributed by atoms with van der Waals surface area (Å²) in [5.41, 5.74) is 0. The molecule has 0 aromatic carbocycles. The fraction of sp³-hybridized carbons (Fsp3) is 0.979. The van der Waals surface area contributed by atoms with Gasteiger partial charge in [-0.1, -0.05) is 251 Å². The standard InChI is InChI=1S/C47H95NO4/c1-3-5-7-9-11-13-15-17-19-20-21-22-23-24-25-26-28-30-32-34-36-38-40-42-46(51)48-44(43-49)47(52)45(50)41-39-37-35-33-31-29-27-18-16-14-12-10-8-6-4-2/h44-45,47,49-50,52H,3-43H2,1-2H3,(H,48,51)/t44-,45+,47-/m0/s1. The average Bonchev–Trinajstić information content (AvgIpc) is 3.15. The van der Waals surface area contributed by atoms with Crippen molar-refractivity contribution in [1.29, 1.82) is 0 Å². The lowest BCUT2D eigenvalue weighted by Crippen LogP contribution is -2.50. The van der Waals surface area contributed by atoms with Crippen molar-refractivity contribution < 1.29 is 20.1 Å². The first-order chi connectivity index (χ1) is 25.6. The van der Waals surface area contributed by atoms with Crippen LogP contribution in [-0.2, 0) is 4.79 Å². The number of hydrogen-bond acceptors (Lipinski definition) is 4. The monoisotopic (exact) mass is 738 g/mol. The second kappa shape index (κ2) is 43.1. The fourth-order valence-corrected chi connectivity index (χ4v) is 7.75. The van der Waals surface area contributed by atoms with Crippen molar-refractivity contribution in [2.45, 2.75) is 289 Å². The highest BCUT2D eigenvalue weighted by Gasteiger charge is 2.26. The quantitative estimate of drug-likeness (QED) is 0.0469. The van der Waals surface area contributed by atoms with Crippen LogP contribution in [0.25, 0.3) is 0 Å². The van der Waals surface area contributed by atoms with Gasteiger partial charge in [0.2, 0.25) is 5.91 Å². The number of nitrogens with one attached hydrogen (secondary N) is 1. The molecule has 0 aromatic rings. The molecule has 52 heavy (non-hydrogen) atoms. The van der Waals surface area contributed by atoms with Crippen molar-refractivity contribution in [3.63, 3.8) is 0 Å². The van der Waals surface area contributed by atoms with Gasteiger partial charge in [0.15, 0.2) is 0 Å². The smallest absolute Gasteiger partial charge is 0.220 e. The number of hydrogen-bond donors (Lipinski definition) is 4. The van der Waals surface area contributed by atoms with Crippen LogP contribution in [-0.4, -0.2) is 46.1 Å². The van der Waals surface area contributed by atoms with Crippen LogP contribution in [0.2, 0.25) is 0 Å². The molecule has 0 saturated heterocycles. The maximum Gasteiger partial charge on any atom is 0.220 e. The van der Waals surface area contributed by atoms with E-state index in [4.69, 9.17) is 0 Å².